The molecule has 3 heterocycles. The minimum absolute atomic E-state index is 0.00799. The summed E-state index contributed by atoms with van der Waals surface area (Å²) in [4.78, 5) is 42.4. The predicted octanol–water partition coefficient (Wildman–Crippen LogP) is 4.19. The second-order valence-electron chi connectivity index (χ2n) is 9.86. The zero-order valence-corrected chi connectivity index (χ0v) is 22.2. The molecule has 2 aromatic carbocycles. The van der Waals surface area contributed by atoms with E-state index in [0.29, 0.717) is 62.6 Å². The van der Waals surface area contributed by atoms with E-state index < -0.39 is 6.04 Å². The zero-order chi connectivity index (χ0) is 27.5. The molecule has 3 aromatic rings. The van der Waals surface area contributed by atoms with Crippen LogP contribution in [0.2, 0.25) is 0 Å². The van der Waals surface area contributed by atoms with Gasteiger partial charge in [0.05, 0.1) is 6.04 Å². The van der Waals surface area contributed by atoms with Crippen molar-refractivity contribution in [2.24, 2.45) is 0 Å². The highest BCUT2D eigenvalue weighted by Gasteiger charge is 2.32. The van der Waals surface area contributed by atoms with E-state index in [1.54, 1.807) is 28.0 Å². The average Bonchev–Trinajstić information content (AvgIpc) is 3.43. The summed E-state index contributed by atoms with van der Waals surface area (Å²) in [6.07, 6.45) is 1.07. The monoisotopic (exact) mass is 533 g/mol. The molecule has 0 N–H and O–H groups in total. The van der Waals surface area contributed by atoms with Crippen LogP contribution in [0, 0.1) is 5.82 Å². The van der Waals surface area contributed by atoms with Crippen LogP contribution < -0.4 is 4.74 Å². The minimum atomic E-state index is -0.406. The van der Waals surface area contributed by atoms with E-state index in [2.05, 4.69) is 0 Å². The first-order chi connectivity index (χ1) is 18.8. The number of hydrogen-bond acceptors (Lipinski definition) is 5. The van der Waals surface area contributed by atoms with Crippen LogP contribution in [0.4, 0.5) is 4.39 Å². The molecule has 1 atom stereocenters. The van der Waals surface area contributed by atoms with Crippen LogP contribution in [-0.2, 0) is 22.6 Å². The maximum atomic E-state index is 14.1. The molecule has 204 valence electrons. The topological polar surface area (TPSA) is 83.3 Å². The lowest BCUT2D eigenvalue weighted by Crippen LogP contribution is -2.50. The number of amides is 3. The summed E-state index contributed by atoms with van der Waals surface area (Å²) < 4.78 is 26.0. The van der Waals surface area contributed by atoms with Gasteiger partial charge in [0.15, 0.2) is 5.76 Å². The van der Waals surface area contributed by atoms with E-state index in [-0.39, 0.29) is 35.9 Å². The van der Waals surface area contributed by atoms with Crippen LogP contribution in [0.15, 0.2) is 59.0 Å². The van der Waals surface area contributed by atoms with Gasteiger partial charge in [-0.25, -0.2) is 4.39 Å². The van der Waals surface area contributed by atoms with Crippen LogP contribution >= 0.6 is 0 Å². The molecular weight excluding hydrogens is 501 g/mol. The van der Waals surface area contributed by atoms with Gasteiger partial charge in [-0.1, -0.05) is 25.1 Å². The number of rotatable bonds is 6. The second kappa shape index (κ2) is 11.3. The molecule has 0 bridgehead atoms. The summed E-state index contributed by atoms with van der Waals surface area (Å²) in [6.45, 7) is 5.98. The number of piperazine rings is 1. The number of furan rings is 1. The Hall–Kier alpha value is -4.14. The van der Waals surface area contributed by atoms with Gasteiger partial charge in [0.2, 0.25) is 11.8 Å². The molecule has 2 aliphatic rings. The highest BCUT2D eigenvalue weighted by molar-refractivity contribution is 5.91. The summed E-state index contributed by atoms with van der Waals surface area (Å²) >= 11 is 0. The fourth-order valence-corrected chi connectivity index (χ4v) is 5.30. The molecule has 39 heavy (non-hydrogen) atoms. The van der Waals surface area contributed by atoms with Crippen molar-refractivity contribution in [1.29, 1.82) is 0 Å². The van der Waals surface area contributed by atoms with E-state index in [4.69, 9.17) is 9.15 Å². The van der Waals surface area contributed by atoms with Crippen LogP contribution in [0.5, 0.6) is 5.75 Å². The SMILES string of the molecule is CCC(=O)N1CCc2ccc(OCc3ccc(C(=O)N4CCN(C(C)=O)CC4)o3)cc2[C@@H]1c1cccc(F)c1. The minimum Gasteiger partial charge on any atom is -0.486 e. The Morgan fingerprint density at radius 1 is 0.974 bits per heavy atom. The summed E-state index contributed by atoms with van der Waals surface area (Å²) in [7, 11) is 0. The van der Waals surface area contributed by atoms with Crippen molar-refractivity contribution in [3.8, 4) is 5.75 Å². The zero-order valence-electron chi connectivity index (χ0n) is 22.2. The van der Waals surface area contributed by atoms with E-state index in [9.17, 15) is 18.8 Å². The number of benzene rings is 2. The van der Waals surface area contributed by atoms with Crippen LogP contribution in [0.3, 0.4) is 0 Å². The van der Waals surface area contributed by atoms with Gasteiger partial charge < -0.3 is 23.9 Å². The van der Waals surface area contributed by atoms with Gasteiger partial charge in [0, 0.05) is 46.1 Å². The normalized spacial score (nSPS) is 17.1. The molecule has 1 saturated heterocycles. The lowest BCUT2D eigenvalue weighted by molar-refractivity contribution is -0.133. The van der Waals surface area contributed by atoms with Crippen molar-refractivity contribution < 1.29 is 27.9 Å². The van der Waals surface area contributed by atoms with E-state index in [1.165, 1.54) is 19.1 Å². The predicted molar refractivity (Wildman–Crippen MR) is 142 cm³/mol. The van der Waals surface area contributed by atoms with E-state index >= 15 is 0 Å². The Kier molecular flexibility index (Phi) is 7.67. The highest BCUT2D eigenvalue weighted by Crippen LogP contribution is 2.38. The number of halogens is 1. The maximum absolute atomic E-state index is 14.1. The molecule has 0 saturated carbocycles. The quantitative estimate of drug-likeness (QED) is 0.475. The molecule has 1 fully saturated rings. The molecule has 5 rings (SSSR count). The Morgan fingerprint density at radius 2 is 1.74 bits per heavy atom. The van der Waals surface area contributed by atoms with Gasteiger partial charge in [0.1, 0.15) is 23.9 Å². The third kappa shape index (κ3) is 5.67. The van der Waals surface area contributed by atoms with Crippen molar-refractivity contribution in [1.82, 2.24) is 14.7 Å². The second-order valence-corrected chi connectivity index (χ2v) is 9.86. The molecule has 3 amide bonds. The molecule has 9 heteroatoms. The summed E-state index contributed by atoms with van der Waals surface area (Å²) in [5.74, 6) is 0.783. The standard InChI is InChI=1S/C30H32FN3O5/c1-3-28(36)34-12-11-21-7-8-24(18-26(21)29(34)22-5-4-6-23(31)17-22)38-19-25-9-10-27(39-25)30(37)33-15-13-32(14-16-33)20(2)35/h4-10,17-18,29H,3,11-16,19H2,1-2H3/t29-/m0/s1. The highest BCUT2D eigenvalue weighted by atomic mass is 19.1. The van der Waals surface area contributed by atoms with Crippen LogP contribution in [0.1, 0.15) is 59.3 Å². The lowest BCUT2D eigenvalue weighted by atomic mass is 9.87. The van der Waals surface area contributed by atoms with Crippen molar-refractivity contribution in [3.63, 3.8) is 0 Å². The van der Waals surface area contributed by atoms with Gasteiger partial charge in [-0.3, -0.25) is 14.4 Å². The van der Waals surface area contributed by atoms with Crippen LogP contribution in [-0.4, -0.2) is 65.1 Å². The number of nitrogens with zero attached hydrogens (tertiary/aromatic N) is 3. The molecular formula is C30H32FN3O5. The third-order valence-electron chi connectivity index (χ3n) is 7.40. The molecule has 0 radical (unpaired) electrons. The van der Waals surface area contributed by atoms with Crippen LogP contribution in [0.25, 0.3) is 0 Å². The molecule has 0 unspecified atom stereocenters. The van der Waals surface area contributed by atoms with Gasteiger partial charge in [-0.2, -0.15) is 0 Å². The Bertz CT molecular complexity index is 1380. The number of carbonyl (C=O) groups is 3. The first kappa shape index (κ1) is 26.5. The van der Waals surface area contributed by atoms with E-state index in [0.717, 1.165) is 11.1 Å². The van der Waals surface area contributed by atoms with Crippen molar-refractivity contribution in [3.05, 3.63) is 88.6 Å². The molecule has 8 nitrogen and oxygen atoms in total. The largest absolute Gasteiger partial charge is 0.486 e. The fourth-order valence-electron chi connectivity index (χ4n) is 5.30. The van der Waals surface area contributed by atoms with E-state index in [1.807, 2.05) is 36.1 Å². The van der Waals surface area contributed by atoms with Gasteiger partial charge >= 0.3 is 0 Å². The molecule has 1 aromatic heterocycles. The van der Waals surface area contributed by atoms with Crippen molar-refractivity contribution in [2.45, 2.75) is 39.3 Å². The van der Waals surface area contributed by atoms with Gasteiger partial charge in [0.25, 0.3) is 5.91 Å². The number of fused-ring (bicyclic) bond motifs is 1. The Balaban J connectivity index is 1.30. The Morgan fingerprint density at radius 3 is 2.46 bits per heavy atom. The number of hydrogen-bond donors (Lipinski definition) is 0. The first-order valence-corrected chi connectivity index (χ1v) is 13.3. The lowest BCUT2D eigenvalue weighted by Gasteiger charge is -2.38. The van der Waals surface area contributed by atoms with Crippen molar-refractivity contribution in [2.75, 3.05) is 32.7 Å². The van der Waals surface area contributed by atoms with Crippen molar-refractivity contribution >= 4 is 17.7 Å². The van der Waals surface area contributed by atoms with Gasteiger partial charge in [-0.05, 0) is 59.5 Å². The molecule has 2 aliphatic heterocycles. The fraction of sp³-hybridized carbons (Fsp3) is 0.367. The van der Waals surface area contributed by atoms with Gasteiger partial charge in [-0.15, -0.1) is 0 Å². The molecule has 0 spiro atoms. The number of ether oxygens (including phenoxy) is 1. The smallest absolute Gasteiger partial charge is 0.289 e. The summed E-state index contributed by atoms with van der Waals surface area (Å²) in [5, 5.41) is 0. The average molecular weight is 534 g/mol. The molecule has 0 aliphatic carbocycles. The maximum Gasteiger partial charge on any atom is 0.289 e. The summed E-state index contributed by atoms with van der Waals surface area (Å²) in [6, 6.07) is 15.1. The first-order valence-electron chi connectivity index (χ1n) is 13.3. The summed E-state index contributed by atoms with van der Waals surface area (Å²) in [5.41, 5.74) is 2.71. The Labute approximate surface area is 226 Å². The third-order valence-corrected chi connectivity index (χ3v) is 7.40. The number of carbonyl (C=O) groups excluding carboxylic acids is 3.